The summed E-state index contributed by atoms with van der Waals surface area (Å²) in [6.45, 7) is 7.14. The molecule has 1 aromatic rings. The predicted molar refractivity (Wildman–Crippen MR) is 66.0 cm³/mol. The van der Waals surface area contributed by atoms with Gasteiger partial charge in [-0.15, -0.1) is 0 Å². The highest BCUT2D eigenvalue weighted by atomic mass is 15.3. The molecule has 0 spiro atoms. The average molecular weight is 221 g/mol. The normalized spacial score (nSPS) is 20.9. The first-order valence-corrected chi connectivity index (χ1v) is 5.71. The van der Waals surface area contributed by atoms with Crippen LogP contribution >= 0.6 is 0 Å². The van der Waals surface area contributed by atoms with Crippen molar-refractivity contribution in [3.63, 3.8) is 0 Å². The third-order valence-electron chi connectivity index (χ3n) is 2.77. The summed E-state index contributed by atoms with van der Waals surface area (Å²) < 4.78 is 0. The number of nitrogens with zero attached hydrogens (tertiary/aromatic N) is 3. The highest BCUT2D eigenvalue weighted by Gasteiger charge is 2.17. The van der Waals surface area contributed by atoms with E-state index in [0.29, 0.717) is 6.04 Å². The van der Waals surface area contributed by atoms with Gasteiger partial charge in [0.25, 0.3) is 0 Å². The second kappa shape index (κ2) is 4.65. The van der Waals surface area contributed by atoms with E-state index < -0.39 is 0 Å². The van der Waals surface area contributed by atoms with Crippen molar-refractivity contribution < 1.29 is 0 Å². The van der Waals surface area contributed by atoms with Gasteiger partial charge in [-0.05, 0) is 13.8 Å². The van der Waals surface area contributed by atoms with Crippen LogP contribution in [0.2, 0.25) is 0 Å². The molecule has 0 saturated carbocycles. The van der Waals surface area contributed by atoms with Crippen LogP contribution in [0.4, 0.5) is 11.6 Å². The minimum atomic E-state index is 0.516. The van der Waals surface area contributed by atoms with Gasteiger partial charge in [0, 0.05) is 38.8 Å². The molecule has 1 aliphatic heterocycles. The molecule has 0 amide bonds. The second-order valence-electron chi connectivity index (χ2n) is 4.21. The van der Waals surface area contributed by atoms with Gasteiger partial charge < -0.3 is 15.5 Å². The summed E-state index contributed by atoms with van der Waals surface area (Å²) in [5.41, 5.74) is 0. The smallest absolute Gasteiger partial charge is 0.134 e. The van der Waals surface area contributed by atoms with Gasteiger partial charge >= 0.3 is 0 Å². The van der Waals surface area contributed by atoms with E-state index >= 15 is 0 Å². The van der Waals surface area contributed by atoms with Crippen molar-refractivity contribution in [1.29, 1.82) is 0 Å². The van der Waals surface area contributed by atoms with E-state index in [1.54, 1.807) is 0 Å². The van der Waals surface area contributed by atoms with Crippen molar-refractivity contribution in [3.8, 4) is 0 Å². The van der Waals surface area contributed by atoms with E-state index in [4.69, 9.17) is 0 Å². The number of piperazine rings is 1. The quantitative estimate of drug-likeness (QED) is 0.767. The maximum atomic E-state index is 4.49. The molecule has 1 saturated heterocycles. The molecule has 1 unspecified atom stereocenters. The van der Waals surface area contributed by atoms with Gasteiger partial charge in [-0.3, -0.25) is 0 Å². The van der Waals surface area contributed by atoms with Gasteiger partial charge in [0.15, 0.2) is 0 Å². The Morgan fingerprint density at radius 2 is 2.31 bits per heavy atom. The minimum Gasteiger partial charge on any atom is -0.373 e. The lowest BCUT2D eigenvalue weighted by molar-refractivity contribution is 0.482. The van der Waals surface area contributed by atoms with E-state index in [0.717, 1.165) is 37.1 Å². The molecule has 88 valence electrons. The van der Waals surface area contributed by atoms with Gasteiger partial charge in [0.2, 0.25) is 0 Å². The maximum Gasteiger partial charge on any atom is 0.134 e. The standard InChI is InChI=1S/C11H19N5/c1-8-7-16(5-4-13-8)11-6-10(12-3)14-9(2)15-11/h6,8,13H,4-5,7H2,1-3H3,(H,12,14,15). The number of aryl methyl sites for hydroxylation is 1. The molecule has 0 radical (unpaired) electrons. The fraction of sp³-hybridized carbons (Fsp3) is 0.636. The summed E-state index contributed by atoms with van der Waals surface area (Å²) in [5, 5.41) is 6.49. The Kier molecular flexibility index (Phi) is 3.24. The Bertz CT molecular complexity index is 365. The number of hydrogen-bond acceptors (Lipinski definition) is 5. The summed E-state index contributed by atoms with van der Waals surface area (Å²) in [7, 11) is 1.88. The molecular weight excluding hydrogens is 202 g/mol. The summed E-state index contributed by atoms with van der Waals surface area (Å²) in [5.74, 6) is 2.71. The van der Waals surface area contributed by atoms with Crippen LogP contribution in [0.3, 0.4) is 0 Å². The SMILES string of the molecule is CNc1cc(N2CCNC(C)C2)nc(C)n1. The molecule has 2 N–H and O–H groups in total. The number of aromatic nitrogens is 2. The predicted octanol–water partition coefficient (Wildman–Crippen LogP) is 0.625. The van der Waals surface area contributed by atoms with Gasteiger partial charge in [-0.2, -0.15) is 0 Å². The zero-order valence-corrected chi connectivity index (χ0v) is 10.1. The first-order valence-electron chi connectivity index (χ1n) is 5.71. The summed E-state index contributed by atoms with van der Waals surface area (Å²) in [6, 6.07) is 2.52. The van der Waals surface area contributed by atoms with Crippen LogP contribution in [-0.2, 0) is 0 Å². The first-order chi connectivity index (χ1) is 7.69. The first kappa shape index (κ1) is 11.1. The highest BCUT2D eigenvalue weighted by Crippen LogP contribution is 2.16. The van der Waals surface area contributed by atoms with Crippen molar-refractivity contribution in [2.75, 3.05) is 36.9 Å². The van der Waals surface area contributed by atoms with Crippen LogP contribution in [0, 0.1) is 6.92 Å². The van der Waals surface area contributed by atoms with Crippen LogP contribution in [0.1, 0.15) is 12.7 Å². The third-order valence-corrected chi connectivity index (χ3v) is 2.77. The number of nitrogens with one attached hydrogen (secondary N) is 2. The van der Waals surface area contributed by atoms with Crippen LogP contribution in [0.15, 0.2) is 6.07 Å². The fourth-order valence-electron chi connectivity index (χ4n) is 1.98. The van der Waals surface area contributed by atoms with Crippen molar-refractivity contribution >= 4 is 11.6 Å². The molecule has 1 aromatic heterocycles. The maximum absolute atomic E-state index is 4.49. The molecule has 5 nitrogen and oxygen atoms in total. The third kappa shape index (κ3) is 2.41. The summed E-state index contributed by atoms with van der Waals surface area (Å²) >= 11 is 0. The number of anilines is 2. The lowest BCUT2D eigenvalue weighted by atomic mass is 10.2. The number of hydrogen-bond donors (Lipinski definition) is 2. The van der Waals surface area contributed by atoms with Gasteiger partial charge in [0.05, 0.1) is 0 Å². The molecule has 16 heavy (non-hydrogen) atoms. The van der Waals surface area contributed by atoms with E-state index in [1.807, 2.05) is 20.0 Å². The van der Waals surface area contributed by atoms with Gasteiger partial charge in [0.1, 0.15) is 17.5 Å². The Morgan fingerprint density at radius 1 is 1.50 bits per heavy atom. The molecule has 1 atom stereocenters. The van der Waals surface area contributed by atoms with E-state index in [-0.39, 0.29) is 0 Å². The minimum absolute atomic E-state index is 0.516. The van der Waals surface area contributed by atoms with E-state index in [2.05, 4.69) is 32.4 Å². The van der Waals surface area contributed by atoms with Crippen LogP contribution in [0.5, 0.6) is 0 Å². The molecule has 2 rings (SSSR count). The molecule has 0 aliphatic carbocycles. The van der Waals surface area contributed by atoms with Crippen molar-refractivity contribution in [2.24, 2.45) is 0 Å². The summed E-state index contributed by atoms with van der Waals surface area (Å²) in [6.07, 6.45) is 0. The zero-order chi connectivity index (χ0) is 11.5. The fourth-order valence-corrected chi connectivity index (χ4v) is 1.98. The molecule has 1 aliphatic rings. The highest BCUT2D eigenvalue weighted by molar-refractivity contribution is 5.49. The van der Waals surface area contributed by atoms with Crippen molar-refractivity contribution in [3.05, 3.63) is 11.9 Å². The molecular formula is C11H19N5. The van der Waals surface area contributed by atoms with Crippen molar-refractivity contribution in [1.82, 2.24) is 15.3 Å². The van der Waals surface area contributed by atoms with Gasteiger partial charge in [-0.1, -0.05) is 0 Å². The lowest BCUT2D eigenvalue weighted by Gasteiger charge is -2.32. The molecule has 1 fully saturated rings. The van der Waals surface area contributed by atoms with Crippen LogP contribution < -0.4 is 15.5 Å². The summed E-state index contributed by atoms with van der Waals surface area (Å²) in [4.78, 5) is 11.1. The van der Waals surface area contributed by atoms with Gasteiger partial charge in [-0.25, -0.2) is 9.97 Å². The average Bonchev–Trinajstić information content (AvgIpc) is 2.28. The Labute approximate surface area is 96.3 Å². The van der Waals surface area contributed by atoms with Crippen molar-refractivity contribution in [2.45, 2.75) is 19.9 Å². The Balaban J connectivity index is 2.21. The largest absolute Gasteiger partial charge is 0.373 e. The monoisotopic (exact) mass is 221 g/mol. The Hall–Kier alpha value is -1.36. The van der Waals surface area contributed by atoms with Crippen LogP contribution in [-0.4, -0.2) is 42.7 Å². The zero-order valence-electron chi connectivity index (χ0n) is 10.1. The lowest BCUT2D eigenvalue weighted by Crippen LogP contribution is -2.49. The number of rotatable bonds is 2. The molecule has 2 heterocycles. The van der Waals surface area contributed by atoms with E-state index in [9.17, 15) is 0 Å². The van der Waals surface area contributed by atoms with Crippen LogP contribution in [0.25, 0.3) is 0 Å². The topological polar surface area (TPSA) is 53.1 Å². The second-order valence-corrected chi connectivity index (χ2v) is 4.21. The molecule has 5 heteroatoms. The van der Waals surface area contributed by atoms with E-state index in [1.165, 1.54) is 0 Å². The molecule has 0 aromatic carbocycles. The molecule has 0 bridgehead atoms. The Morgan fingerprint density at radius 3 is 3.00 bits per heavy atom.